The molecular weight excluding hydrogens is 361 g/mol. The molecule has 0 radical (unpaired) electrons. The molecule has 0 bridgehead atoms. The van der Waals surface area contributed by atoms with Crippen LogP contribution in [0.25, 0.3) is 0 Å². The molecule has 26 heavy (non-hydrogen) atoms. The number of halogens is 4. The van der Waals surface area contributed by atoms with Gasteiger partial charge in [0, 0.05) is 11.1 Å². The second kappa shape index (κ2) is 5.71. The molecular formula is C21H12ClF3O. The minimum atomic E-state index is -4.48. The van der Waals surface area contributed by atoms with Gasteiger partial charge in [-0.1, -0.05) is 60.7 Å². The summed E-state index contributed by atoms with van der Waals surface area (Å²) in [5.74, 6) is -0.181. The molecule has 1 nitrogen and oxygen atoms in total. The van der Waals surface area contributed by atoms with E-state index in [0.29, 0.717) is 22.3 Å². The first-order valence-corrected chi connectivity index (χ1v) is 8.31. The summed E-state index contributed by atoms with van der Waals surface area (Å²) in [5, 5.41) is 0. The molecule has 0 spiro atoms. The van der Waals surface area contributed by atoms with Crippen molar-refractivity contribution in [2.45, 2.75) is 11.1 Å². The first-order valence-electron chi connectivity index (χ1n) is 7.94. The minimum absolute atomic E-state index is 0.181. The SMILES string of the molecule is O=C1c2ccccc2C(Cl)(c2cccc(C(F)(F)F)c2)c2ccccc21. The number of rotatable bonds is 1. The maximum Gasteiger partial charge on any atom is 0.416 e. The average Bonchev–Trinajstić information content (AvgIpc) is 2.65. The first-order chi connectivity index (χ1) is 12.3. The highest BCUT2D eigenvalue weighted by atomic mass is 35.5. The summed E-state index contributed by atoms with van der Waals surface area (Å²) in [7, 11) is 0. The van der Waals surface area contributed by atoms with E-state index in [0.717, 1.165) is 12.1 Å². The van der Waals surface area contributed by atoms with Gasteiger partial charge >= 0.3 is 6.18 Å². The molecule has 0 heterocycles. The second-order valence-electron chi connectivity index (χ2n) is 6.16. The van der Waals surface area contributed by atoms with Gasteiger partial charge in [-0.2, -0.15) is 13.2 Å². The molecule has 0 fully saturated rings. The molecule has 0 saturated heterocycles. The largest absolute Gasteiger partial charge is 0.416 e. The van der Waals surface area contributed by atoms with Gasteiger partial charge in [0.2, 0.25) is 0 Å². The highest BCUT2D eigenvalue weighted by molar-refractivity contribution is 6.31. The number of fused-ring (bicyclic) bond motifs is 2. The van der Waals surface area contributed by atoms with Crippen molar-refractivity contribution in [3.8, 4) is 0 Å². The Hall–Kier alpha value is -2.59. The van der Waals surface area contributed by atoms with Crippen molar-refractivity contribution < 1.29 is 18.0 Å². The second-order valence-corrected chi connectivity index (χ2v) is 6.72. The summed E-state index contributed by atoms with van der Waals surface area (Å²) >= 11 is 7.03. The minimum Gasteiger partial charge on any atom is -0.289 e. The standard InChI is InChI=1S/C21H12ClF3O/c22-20(13-6-5-7-14(12-13)21(23,24)25)17-10-3-1-8-15(17)19(26)16-9-2-4-11-18(16)20/h1-12H. The van der Waals surface area contributed by atoms with Gasteiger partial charge in [-0.3, -0.25) is 4.79 Å². The lowest BCUT2D eigenvalue weighted by atomic mass is 9.73. The molecule has 3 aromatic carbocycles. The van der Waals surface area contributed by atoms with Crippen LogP contribution in [0.5, 0.6) is 0 Å². The summed E-state index contributed by atoms with van der Waals surface area (Å²) < 4.78 is 39.6. The lowest BCUT2D eigenvalue weighted by Crippen LogP contribution is -2.32. The summed E-state index contributed by atoms with van der Waals surface area (Å²) in [6.45, 7) is 0. The summed E-state index contributed by atoms with van der Waals surface area (Å²) in [5.41, 5.74) is 1.29. The van der Waals surface area contributed by atoms with Gasteiger partial charge in [0.05, 0.1) is 5.56 Å². The van der Waals surface area contributed by atoms with E-state index in [2.05, 4.69) is 0 Å². The Kier molecular flexibility index (Phi) is 3.70. The molecule has 0 atom stereocenters. The molecule has 0 aliphatic heterocycles. The molecule has 0 unspecified atom stereocenters. The van der Waals surface area contributed by atoms with Crippen LogP contribution in [0.3, 0.4) is 0 Å². The monoisotopic (exact) mass is 372 g/mol. The van der Waals surface area contributed by atoms with E-state index < -0.39 is 16.6 Å². The quantitative estimate of drug-likeness (QED) is 0.495. The summed E-state index contributed by atoms with van der Waals surface area (Å²) in [4.78, 5) is 11.4. The Balaban J connectivity index is 2.05. The van der Waals surface area contributed by atoms with E-state index in [-0.39, 0.29) is 11.3 Å². The van der Waals surface area contributed by atoms with Crippen LogP contribution in [-0.2, 0) is 11.1 Å². The Morgan fingerprint density at radius 2 is 1.31 bits per heavy atom. The molecule has 5 heteroatoms. The fraction of sp³-hybridized carbons (Fsp3) is 0.0952. The molecule has 1 aliphatic carbocycles. The highest BCUT2D eigenvalue weighted by Crippen LogP contribution is 2.49. The van der Waals surface area contributed by atoms with Crippen molar-refractivity contribution in [3.05, 3.63) is 106 Å². The van der Waals surface area contributed by atoms with Gasteiger partial charge in [0.1, 0.15) is 4.87 Å². The van der Waals surface area contributed by atoms with Crippen molar-refractivity contribution >= 4 is 17.4 Å². The molecule has 0 N–H and O–H groups in total. The average molecular weight is 373 g/mol. The maximum absolute atomic E-state index is 13.2. The van der Waals surface area contributed by atoms with Gasteiger partial charge in [-0.05, 0) is 28.8 Å². The Morgan fingerprint density at radius 3 is 1.85 bits per heavy atom. The predicted molar refractivity (Wildman–Crippen MR) is 93.5 cm³/mol. The van der Waals surface area contributed by atoms with Crippen molar-refractivity contribution in [3.63, 3.8) is 0 Å². The number of ketones is 1. The van der Waals surface area contributed by atoms with Crippen molar-refractivity contribution in [2.75, 3.05) is 0 Å². The van der Waals surface area contributed by atoms with Crippen molar-refractivity contribution in [2.24, 2.45) is 0 Å². The molecule has 4 rings (SSSR count). The number of alkyl halides is 4. The zero-order chi connectivity index (χ0) is 18.5. The fourth-order valence-corrected chi connectivity index (χ4v) is 3.92. The van der Waals surface area contributed by atoms with E-state index in [1.807, 2.05) is 0 Å². The van der Waals surface area contributed by atoms with Gasteiger partial charge in [0.25, 0.3) is 0 Å². The normalized spacial score (nSPS) is 15.3. The third-order valence-electron chi connectivity index (χ3n) is 4.67. The maximum atomic E-state index is 13.2. The molecule has 130 valence electrons. The Labute approximate surface area is 153 Å². The van der Waals surface area contributed by atoms with Crippen LogP contribution in [0.1, 0.15) is 38.2 Å². The van der Waals surface area contributed by atoms with Crippen LogP contribution in [-0.4, -0.2) is 5.78 Å². The molecule has 0 amide bonds. The third-order valence-corrected chi connectivity index (χ3v) is 5.30. The van der Waals surface area contributed by atoms with Gasteiger partial charge in [0.15, 0.2) is 5.78 Å². The fourth-order valence-electron chi connectivity index (χ4n) is 3.47. The summed E-state index contributed by atoms with van der Waals surface area (Å²) in [6, 6.07) is 18.5. The van der Waals surface area contributed by atoms with E-state index in [1.165, 1.54) is 6.07 Å². The third kappa shape index (κ3) is 2.36. The number of hydrogen-bond acceptors (Lipinski definition) is 1. The number of carbonyl (C=O) groups excluding carboxylic acids is 1. The number of benzene rings is 3. The van der Waals surface area contributed by atoms with Crippen LogP contribution < -0.4 is 0 Å². The zero-order valence-electron chi connectivity index (χ0n) is 13.3. The van der Waals surface area contributed by atoms with Crippen LogP contribution in [0.2, 0.25) is 0 Å². The molecule has 3 aromatic rings. The first kappa shape index (κ1) is 16.9. The molecule has 1 aliphatic rings. The van der Waals surface area contributed by atoms with E-state index >= 15 is 0 Å². The Bertz CT molecular complexity index is 974. The lowest BCUT2D eigenvalue weighted by molar-refractivity contribution is -0.137. The zero-order valence-corrected chi connectivity index (χ0v) is 14.1. The van der Waals surface area contributed by atoms with E-state index in [4.69, 9.17) is 11.6 Å². The van der Waals surface area contributed by atoms with Crippen molar-refractivity contribution in [1.29, 1.82) is 0 Å². The lowest BCUT2D eigenvalue weighted by Gasteiger charge is -2.36. The Morgan fingerprint density at radius 1 is 0.769 bits per heavy atom. The van der Waals surface area contributed by atoms with Gasteiger partial charge in [-0.25, -0.2) is 0 Å². The summed E-state index contributed by atoms with van der Waals surface area (Å²) in [6.07, 6.45) is -4.48. The topological polar surface area (TPSA) is 17.1 Å². The van der Waals surface area contributed by atoms with Crippen LogP contribution in [0.15, 0.2) is 72.8 Å². The smallest absolute Gasteiger partial charge is 0.289 e. The predicted octanol–water partition coefficient (Wildman–Crippen LogP) is 5.78. The highest BCUT2D eigenvalue weighted by Gasteiger charge is 2.44. The van der Waals surface area contributed by atoms with Crippen molar-refractivity contribution in [1.82, 2.24) is 0 Å². The van der Waals surface area contributed by atoms with Crippen LogP contribution in [0.4, 0.5) is 13.2 Å². The molecule has 0 aromatic heterocycles. The van der Waals surface area contributed by atoms with E-state index in [9.17, 15) is 18.0 Å². The number of hydrogen-bond donors (Lipinski definition) is 0. The van der Waals surface area contributed by atoms with Gasteiger partial charge < -0.3 is 0 Å². The van der Waals surface area contributed by atoms with Crippen LogP contribution >= 0.6 is 11.6 Å². The van der Waals surface area contributed by atoms with E-state index in [1.54, 1.807) is 54.6 Å². The number of carbonyl (C=O) groups is 1. The van der Waals surface area contributed by atoms with Gasteiger partial charge in [-0.15, -0.1) is 11.6 Å². The molecule has 0 saturated carbocycles. The van der Waals surface area contributed by atoms with Crippen LogP contribution in [0, 0.1) is 0 Å².